The minimum Gasteiger partial charge on any atom is -0.400 e. The molecule has 0 amide bonds. The van der Waals surface area contributed by atoms with Gasteiger partial charge in [0.25, 0.3) is 0 Å². The van der Waals surface area contributed by atoms with Gasteiger partial charge in [-0.15, -0.1) is 0 Å². The molecule has 0 bridgehead atoms. The molecular weight excluding hydrogens is 550 g/mol. The molecule has 0 aromatic heterocycles. The molecule has 8 nitrogen and oxygen atoms in total. The molecule has 0 unspecified atom stereocenters. The Morgan fingerprint density at radius 2 is 0.600 bits per heavy atom. The summed E-state index contributed by atoms with van der Waals surface area (Å²) in [5, 5.41) is 0. The van der Waals surface area contributed by atoms with Gasteiger partial charge in [0.15, 0.2) is 11.5 Å². The first-order chi connectivity index (χ1) is 19.1. The highest BCUT2D eigenvalue weighted by Gasteiger charge is 2.35. The number of phosphoric ester groups is 2. The first kappa shape index (κ1) is 27.6. The second kappa shape index (κ2) is 11.2. The minimum absolute atomic E-state index is 0.192. The molecule has 0 saturated heterocycles. The second-order valence-corrected chi connectivity index (χ2v) is 11.1. The van der Waals surface area contributed by atoms with E-state index in [9.17, 15) is 28.7 Å². The summed E-state index contributed by atoms with van der Waals surface area (Å²) in [5.41, 5.74) is 3.76. The smallest absolute Gasteiger partial charge is 0.400 e. The average molecular weight is 574 g/mol. The van der Waals surface area contributed by atoms with Crippen LogP contribution in [0.3, 0.4) is 0 Å². The van der Waals surface area contributed by atoms with E-state index >= 15 is 0 Å². The van der Waals surface area contributed by atoms with Crippen molar-refractivity contribution in [3.05, 3.63) is 121 Å². The van der Waals surface area contributed by atoms with Gasteiger partial charge in [-0.2, -0.15) is 0 Å². The Balaban J connectivity index is 2.11. The van der Waals surface area contributed by atoms with E-state index in [4.69, 9.17) is 9.05 Å². The minimum atomic E-state index is -5.27. The molecule has 0 radical (unpaired) electrons. The summed E-state index contributed by atoms with van der Waals surface area (Å²) in [5.74, 6) is -1.000. The van der Waals surface area contributed by atoms with Crippen LogP contribution in [0.25, 0.3) is 44.5 Å². The van der Waals surface area contributed by atoms with Crippen molar-refractivity contribution >= 4 is 15.6 Å². The number of hydrogen-bond acceptors (Lipinski definition) is 4. The van der Waals surface area contributed by atoms with Crippen molar-refractivity contribution in [3.8, 4) is 56.0 Å². The van der Waals surface area contributed by atoms with E-state index < -0.39 is 27.1 Å². The van der Waals surface area contributed by atoms with E-state index in [2.05, 4.69) is 0 Å². The highest BCUT2D eigenvalue weighted by Crippen LogP contribution is 2.61. The van der Waals surface area contributed by atoms with Crippen molar-refractivity contribution in [1.82, 2.24) is 0 Å². The summed E-state index contributed by atoms with van der Waals surface area (Å²) in [6.07, 6.45) is 0. The molecule has 202 valence electrons. The van der Waals surface area contributed by atoms with Gasteiger partial charge in [-0.3, -0.25) is 19.6 Å². The lowest BCUT2D eigenvalue weighted by molar-refractivity contribution is 0.264. The fraction of sp³-hybridized carbons (Fsp3) is 0. The van der Waals surface area contributed by atoms with Gasteiger partial charge in [0.1, 0.15) is 0 Å². The van der Waals surface area contributed by atoms with Gasteiger partial charge in [0, 0.05) is 22.3 Å². The topological polar surface area (TPSA) is 134 Å². The first-order valence-corrected chi connectivity index (χ1v) is 15.1. The first-order valence-electron chi connectivity index (χ1n) is 12.1. The Bertz CT molecular complexity index is 1590. The summed E-state index contributed by atoms with van der Waals surface area (Å²) in [6, 6.07) is 35.7. The van der Waals surface area contributed by atoms with Gasteiger partial charge in [-0.25, -0.2) is 9.13 Å². The molecule has 4 N–H and O–H groups in total. The molecule has 0 spiro atoms. The molecule has 5 rings (SSSR count). The van der Waals surface area contributed by atoms with Crippen LogP contribution in [0.2, 0.25) is 0 Å². The third-order valence-corrected chi connectivity index (χ3v) is 6.92. The van der Waals surface area contributed by atoms with Crippen molar-refractivity contribution in [2.24, 2.45) is 0 Å². The SMILES string of the molecule is O=P(O)(O)Oc1c(OP(=O)(O)O)c(-c2ccccc2)c(-c2ccccc2)c(-c2ccccc2)c1-c1ccccc1. The van der Waals surface area contributed by atoms with Crippen molar-refractivity contribution in [2.75, 3.05) is 0 Å². The fourth-order valence-corrected chi connectivity index (χ4v) is 5.49. The Hall–Kier alpha value is -4.00. The molecule has 0 heterocycles. The van der Waals surface area contributed by atoms with Crippen molar-refractivity contribution in [1.29, 1.82) is 0 Å². The highest BCUT2D eigenvalue weighted by atomic mass is 31.2. The zero-order valence-corrected chi connectivity index (χ0v) is 22.7. The number of hydrogen-bond donors (Lipinski definition) is 4. The van der Waals surface area contributed by atoms with Crippen molar-refractivity contribution in [3.63, 3.8) is 0 Å². The lowest BCUT2D eigenvalue weighted by Gasteiger charge is -2.27. The van der Waals surface area contributed by atoms with Crippen molar-refractivity contribution < 1.29 is 37.8 Å². The molecule has 0 aliphatic carbocycles. The number of phosphoric acid groups is 2. The van der Waals surface area contributed by atoms with Crippen molar-refractivity contribution in [2.45, 2.75) is 0 Å². The molecule has 5 aromatic rings. The molecule has 5 aromatic carbocycles. The summed E-state index contributed by atoms with van der Waals surface area (Å²) in [7, 11) is -10.5. The van der Waals surface area contributed by atoms with E-state index in [0.29, 0.717) is 33.4 Å². The van der Waals surface area contributed by atoms with Gasteiger partial charge >= 0.3 is 15.6 Å². The van der Waals surface area contributed by atoms with Crippen LogP contribution in [-0.4, -0.2) is 19.6 Å². The highest BCUT2D eigenvalue weighted by molar-refractivity contribution is 7.47. The lowest BCUT2D eigenvalue weighted by atomic mass is 9.81. The molecule has 0 aliphatic rings. The van der Waals surface area contributed by atoms with Crippen LogP contribution in [0.15, 0.2) is 121 Å². The van der Waals surface area contributed by atoms with Crippen LogP contribution in [-0.2, 0) is 9.13 Å². The molecule has 0 saturated carbocycles. The Kier molecular flexibility index (Phi) is 7.74. The molecule has 0 aliphatic heterocycles. The summed E-state index contributed by atoms with van der Waals surface area (Å²) >= 11 is 0. The Morgan fingerprint density at radius 3 is 0.825 bits per heavy atom. The van der Waals surface area contributed by atoms with E-state index in [-0.39, 0.29) is 11.1 Å². The quantitative estimate of drug-likeness (QED) is 0.142. The van der Waals surface area contributed by atoms with Gasteiger partial charge in [0.2, 0.25) is 0 Å². The maximum atomic E-state index is 12.4. The Labute approximate surface area is 230 Å². The van der Waals surface area contributed by atoms with E-state index in [1.807, 2.05) is 60.7 Å². The van der Waals surface area contributed by atoms with E-state index in [1.165, 1.54) is 0 Å². The van der Waals surface area contributed by atoms with Crippen LogP contribution in [0.5, 0.6) is 11.5 Å². The van der Waals surface area contributed by atoms with Crippen LogP contribution >= 0.6 is 15.6 Å². The van der Waals surface area contributed by atoms with Crippen LogP contribution in [0.1, 0.15) is 0 Å². The predicted octanol–water partition coefficient (Wildman–Crippen LogP) is 7.30. The van der Waals surface area contributed by atoms with Crippen LogP contribution in [0.4, 0.5) is 0 Å². The zero-order valence-electron chi connectivity index (χ0n) is 20.9. The largest absolute Gasteiger partial charge is 0.524 e. The standard InChI is InChI=1S/C30H24O8P2/c31-39(32,33)37-29-27(23-17-9-3-10-18-23)25(21-13-5-1-6-14-21)26(22-15-7-2-8-16-22)28(24-19-11-4-12-20-24)30(29)38-40(34,35)36/h1-20H,(H2,31,32,33)(H2,34,35,36). The lowest BCUT2D eigenvalue weighted by Crippen LogP contribution is -2.04. The maximum absolute atomic E-state index is 12.4. The summed E-state index contributed by atoms with van der Waals surface area (Å²) in [6.45, 7) is 0. The monoisotopic (exact) mass is 574 g/mol. The predicted molar refractivity (Wildman–Crippen MR) is 154 cm³/mol. The maximum Gasteiger partial charge on any atom is 0.524 e. The normalized spacial score (nSPS) is 11.7. The molecule has 0 atom stereocenters. The number of rotatable bonds is 8. The van der Waals surface area contributed by atoms with Crippen LogP contribution in [0, 0.1) is 0 Å². The summed E-state index contributed by atoms with van der Waals surface area (Å²) in [4.78, 5) is 40.1. The van der Waals surface area contributed by atoms with Crippen LogP contribution < -0.4 is 9.05 Å². The zero-order chi connectivity index (χ0) is 28.3. The number of benzene rings is 5. The van der Waals surface area contributed by atoms with Gasteiger partial charge in [-0.05, 0) is 22.3 Å². The van der Waals surface area contributed by atoms with E-state index in [0.717, 1.165) is 0 Å². The molecule has 0 fully saturated rings. The average Bonchev–Trinajstić information content (AvgIpc) is 2.94. The van der Waals surface area contributed by atoms with E-state index in [1.54, 1.807) is 60.7 Å². The van der Waals surface area contributed by atoms with Gasteiger partial charge in [0.05, 0.1) is 0 Å². The third kappa shape index (κ3) is 6.09. The molecule has 10 heteroatoms. The Morgan fingerprint density at radius 1 is 0.375 bits per heavy atom. The van der Waals surface area contributed by atoms with Gasteiger partial charge in [-0.1, -0.05) is 121 Å². The third-order valence-electron chi connectivity index (χ3n) is 6.08. The summed E-state index contributed by atoms with van der Waals surface area (Å²) < 4.78 is 35.3. The second-order valence-electron chi connectivity index (χ2n) is 8.79. The molecular formula is C30H24O8P2. The van der Waals surface area contributed by atoms with Gasteiger partial charge < -0.3 is 9.05 Å². The fourth-order valence-electron chi connectivity index (χ4n) is 4.66. The molecule has 40 heavy (non-hydrogen) atoms.